The highest BCUT2D eigenvalue weighted by atomic mass is 19.1. The van der Waals surface area contributed by atoms with Gasteiger partial charge in [-0.25, -0.2) is 4.98 Å². The molecule has 1 saturated carbocycles. The Labute approximate surface area is 145 Å². The van der Waals surface area contributed by atoms with Crippen LogP contribution in [0.15, 0.2) is 24.5 Å². The number of hydrogen-bond acceptors (Lipinski definition) is 4. The first kappa shape index (κ1) is 16.2. The van der Waals surface area contributed by atoms with Gasteiger partial charge in [0.1, 0.15) is 0 Å². The Morgan fingerprint density at radius 2 is 2.24 bits per heavy atom. The first-order valence-corrected chi connectivity index (χ1v) is 8.61. The number of aryl methyl sites for hydroxylation is 1. The summed E-state index contributed by atoms with van der Waals surface area (Å²) in [6, 6.07) is 2.72. The minimum Gasteiger partial charge on any atom is -0.380 e. The maximum absolute atomic E-state index is 13.3. The quantitative estimate of drug-likeness (QED) is 0.780. The van der Waals surface area contributed by atoms with Gasteiger partial charge in [0, 0.05) is 56.1 Å². The number of nitrogens with zero attached hydrogens (tertiary/aromatic N) is 4. The van der Waals surface area contributed by atoms with Crippen LogP contribution in [0.1, 0.15) is 40.4 Å². The van der Waals surface area contributed by atoms with Gasteiger partial charge < -0.3 is 9.64 Å². The number of halogens is 1. The molecule has 0 saturated heterocycles. The van der Waals surface area contributed by atoms with E-state index >= 15 is 0 Å². The molecule has 25 heavy (non-hydrogen) atoms. The second-order valence-corrected chi connectivity index (χ2v) is 6.91. The second kappa shape index (κ2) is 6.55. The van der Waals surface area contributed by atoms with Crippen LogP contribution in [0.3, 0.4) is 0 Å². The number of carbonyl (C=O) groups excluding carboxylic acids is 1. The van der Waals surface area contributed by atoms with Crippen molar-refractivity contribution in [1.82, 2.24) is 19.7 Å². The number of carbonyl (C=O) groups is 1. The van der Waals surface area contributed by atoms with E-state index in [1.54, 1.807) is 17.2 Å². The summed E-state index contributed by atoms with van der Waals surface area (Å²) >= 11 is 0. The van der Waals surface area contributed by atoms with Crippen molar-refractivity contribution < 1.29 is 13.9 Å². The van der Waals surface area contributed by atoms with E-state index in [1.807, 2.05) is 11.7 Å². The third-order valence-electron chi connectivity index (χ3n) is 4.88. The van der Waals surface area contributed by atoms with E-state index in [1.165, 1.54) is 25.1 Å². The van der Waals surface area contributed by atoms with Crippen molar-refractivity contribution in [1.29, 1.82) is 0 Å². The first-order valence-electron chi connectivity index (χ1n) is 8.61. The van der Waals surface area contributed by atoms with E-state index < -0.39 is 5.95 Å². The molecule has 1 amide bonds. The molecular weight excluding hydrogens is 323 g/mol. The molecule has 0 bridgehead atoms. The van der Waals surface area contributed by atoms with Gasteiger partial charge in [-0.05, 0) is 24.8 Å². The number of hydrogen-bond donors (Lipinski definition) is 0. The largest absolute Gasteiger partial charge is 0.380 e. The molecule has 4 rings (SSSR count). The minimum atomic E-state index is -0.644. The number of aromatic nitrogens is 3. The lowest BCUT2D eigenvalue weighted by Crippen LogP contribution is -2.40. The standard InChI is InChI=1S/C18H21FN4O2/c1-22-17-14(7-21-22)8-23(9-15(17)11-25-10-12-2-3-12)18(24)13-4-5-20-16(19)6-13/h4-7,12,15H,2-3,8-11H2,1H3/t15-/m1/s1. The Hall–Kier alpha value is -2.28. The Morgan fingerprint density at radius 3 is 3.00 bits per heavy atom. The van der Waals surface area contributed by atoms with Gasteiger partial charge >= 0.3 is 0 Å². The van der Waals surface area contributed by atoms with Gasteiger partial charge in [-0.2, -0.15) is 9.49 Å². The van der Waals surface area contributed by atoms with E-state index in [0.717, 1.165) is 17.9 Å². The predicted octanol–water partition coefficient (Wildman–Crippen LogP) is 2.12. The molecule has 0 radical (unpaired) electrons. The number of fused-ring (bicyclic) bond motifs is 1. The fraction of sp³-hybridized carbons (Fsp3) is 0.500. The van der Waals surface area contributed by atoms with Crippen molar-refractivity contribution >= 4 is 5.91 Å². The lowest BCUT2D eigenvalue weighted by molar-refractivity contribution is 0.0620. The molecule has 0 unspecified atom stereocenters. The van der Waals surface area contributed by atoms with Gasteiger partial charge in [0.2, 0.25) is 5.95 Å². The lowest BCUT2D eigenvalue weighted by atomic mass is 9.96. The summed E-state index contributed by atoms with van der Waals surface area (Å²) in [5, 5.41) is 4.34. The van der Waals surface area contributed by atoms with Crippen LogP contribution in [0.25, 0.3) is 0 Å². The highest BCUT2D eigenvalue weighted by Gasteiger charge is 2.32. The average molecular weight is 344 g/mol. The summed E-state index contributed by atoms with van der Waals surface area (Å²) in [7, 11) is 1.92. The number of amides is 1. The zero-order valence-electron chi connectivity index (χ0n) is 14.2. The van der Waals surface area contributed by atoms with Crippen molar-refractivity contribution in [3.63, 3.8) is 0 Å². The first-order chi connectivity index (χ1) is 12.1. The van der Waals surface area contributed by atoms with Crippen LogP contribution in [0.2, 0.25) is 0 Å². The SMILES string of the molecule is Cn1ncc2c1[C@@H](COCC1CC1)CN(C(=O)c1ccnc(F)c1)C2. The van der Waals surface area contributed by atoms with Crippen LogP contribution in [-0.4, -0.2) is 45.3 Å². The zero-order valence-corrected chi connectivity index (χ0v) is 14.2. The van der Waals surface area contributed by atoms with E-state index in [0.29, 0.717) is 31.2 Å². The molecule has 2 aliphatic rings. The van der Waals surface area contributed by atoms with Crippen LogP contribution in [0.4, 0.5) is 4.39 Å². The summed E-state index contributed by atoms with van der Waals surface area (Å²) in [6.45, 7) is 2.37. The topological polar surface area (TPSA) is 60.2 Å². The molecule has 1 atom stereocenters. The molecular formula is C18H21FN4O2. The average Bonchev–Trinajstić information content (AvgIpc) is 3.36. The molecule has 6 nitrogen and oxygen atoms in total. The molecule has 3 heterocycles. The van der Waals surface area contributed by atoms with Crippen molar-refractivity contribution in [2.75, 3.05) is 19.8 Å². The van der Waals surface area contributed by atoms with E-state index in [-0.39, 0.29) is 11.8 Å². The van der Waals surface area contributed by atoms with Gasteiger partial charge in [0.25, 0.3) is 5.91 Å². The van der Waals surface area contributed by atoms with E-state index in [2.05, 4.69) is 10.1 Å². The van der Waals surface area contributed by atoms with Crippen molar-refractivity contribution in [3.8, 4) is 0 Å². The van der Waals surface area contributed by atoms with Crippen LogP contribution >= 0.6 is 0 Å². The third kappa shape index (κ3) is 3.42. The predicted molar refractivity (Wildman–Crippen MR) is 88.4 cm³/mol. The van der Waals surface area contributed by atoms with Crippen LogP contribution in [0, 0.1) is 11.9 Å². The molecule has 132 valence electrons. The molecule has 2 aromatic heterocycles. The Kier molecular flexibility index (Phi) is 4.25. The number of ether oxygens (including phenoxy) is 1. The fourth-order valence-corrected chi connectivity index (χ4v) is 3.43. The highest BCUT2D eigenvalue weighted by molar-refractivity contribution is 5.94. The van der Waals surface area contributed by atoms with Gasteiger partial charge in [0.15, 0.2) is 0 Å². The Bertz CT molecular complexity index is 787. The van der Waals surface area contributed by atoms with Gasteiger partial charge in [0.05, 0.1) is 18.5 Å². The van der Waals surface area contributed by atoms with Crippen molar-refractivity contribution in [3.05, 3.63) is 47.3 Å². The van der Waals surface area contributed by atoms with Crippen molar-refractivity contribution in [2.45, 2.75) is 25.3 Å². The summed E-state index contributed by atoms with van der Waals surface area (Å²) in [4.78, 5) is 18.0. The summed E-state index contributed by atoms with van der Waals surface area (Å²) in [6.07, 6.45) is 5.62. The minimum absolute atomic E-state index is 0.0747. The summed E-state index contributed by atoms with van der Waals surface area (Å²) < 4.78 is 21.1. The fourth-order valence-electron chi connectivity index (χ4n) is 3.43. The second-order valence-electron chi connectivity index (χ2n) is 6.91. The van der Waals surface area contributed by atoms with Gasteiger partial charge in [-0.15, -0.1) is 0 Å². The summed E-state index contributed by atoms with van der Waals surface area (Å²) in [5.41, 5.74) is 2.47. The Morgan fingerprint density at radius 1 is 1.40 bits per heavy atom. The zero-order chi connectivity index (χ0) is 17.4. The van der Waals surface area contributed by atoms with E-state index in [4.69, 9.17) is 4.74 Å². The van der Waals surface area contributed by atoms with Gasteiger partial charge in [-0.3, -0.25) is 9.48 Å². The molecule has 1 aliphatic carbocycles. The van der Waals surface area contributed by atoms with E-state index in [9.17, 15) is 9.18 Å². The lowest BCUT2D eigenvalue weighted by Gasteiger charge is -2.33. The monoisotopic (exact) mass is 344 g/mol. The highest BCUT2D eigenvalue weighted by Crippen LogP contribution is 2.32. The maximum Gasteiger partial charge on any atom is 0.254 e. The summed E-state index contributed by atoms with van der Waals surface area (Å²) in [5.74, 6) is -0.0602. The maximum atomic E-state index is 13.3. The number of pyridine rings is 1. The molecule has 0 aromatic carbocycles. The van der Waals surface area contributed by atoms with Gasteiger partial charge in [-0.1, -0.05) is 0 Å². The molecule has 7 heteroatoms. The third-order valence-corrected chi connectivity index (χ3v) is 4.88. The van der Waals surface area contributed by atoms with Crippen molar-refractivity contribution in [2.24, 2.45) is 13.0 Å². The molecule has 0 N–H and O–H groups in total. The molecule has 1 fully saturated rings. The number of rotatable bonds is 5. The normalized spacial score (nSPS) is 19.8. The van der Waals surface area contributed by atoms with Crippen LogP contribution in [0.5, 0.6) is 0 Å². The van der Waals surface area contributed by atoms with Crippen LogP contribution in [-0.2, 0) is 18.3 Å². The Balaban J connectivity index is 1.53. The molecule has 1 aliphatic heterocycles. The smallest absolute Gasteiger partial charge is 0.254 e. The molecule has 2 aromatic rings. The molecule has 0 spiro atoms. The van der Waals surface area contributed by atoms with Crippen LogP contribution < -0.4 is 0 Å².